The summed E-state index contributed by atoms with van der Waals surface area (Å²) in [6, 6.07) is 0. The van der Waals surface area contributed by atoms with Gasteiger partial charge in [0.25, 0.3) is 0 Å². The zero-order valence-electron chi connectivity index (χ0n) is 9.29. The van der Waals surface area contributed by atoms with Gasteiger partial charge < -0.3 is 25.2 Å². The average molecular weight is 220 g/mol. The summed E-state index contributed by atoms with van der Waals surface area (Å²) >= 11 is 0. The molecule has 1 saturated heterocycles. The lowest BCUT2D eigenvalue weighted by atomic mass is 9.81. The summed E-state index contributed by atoms with van der Waals surface area (Å²) in [7, 11) is 0. The van der Waals surface area contributed by atoms with Gasteiger partial charge >= 0.3 is 0 Å². The Balaban J connectivity index is 2.88. The highest BCUT2D eigenvalue weighted by Gasteiger charge is 2.51. The Hall–Kier alpha value is -0.200. The van der Waals surface area contributed by atoms with Crippen molar-refractivity contribution < 1.29 is 25.2 Å². The van der Waals surface area contributed by atoms with Crippen LogP contribution in [0.3, 0.4) is 0 Å². The number of rotatable bonds is 2. The fourth-order valence-corrected chi connectivity index (χ4v) is 1.90. The van der Waals surface area contributed by atoms with Crippen molar-refractivity contribution >= 4 is 0 Å². The van der Waals surface area contributed by atoms with Gasteiger partial charge in [-0.2, -0.15) is 0 Å². The number of hydrogen-bond acceptors (Lipinski definition) is 5. The molecule has 1 rings (SSSR count). The third-order valence-electron chi connectivity index (χ3n) is 3.06. The van der Waals surface area contributed by atoms with Crippen molar-refractivity contribution in [1.29, 1.82) is 0 Å². The lowest BCUT2D eigenvalue weighted by molar-refractivity contribution is -0.276. The first-order chi connectivity index (χ1) is 6.82. The number of aliphatic hydroxyl groups is 4. The van der Waals surface area contributed by atoms with E-state index in [1.54, 1.807) is 0 Å². The van der Waals surface area contributed by atoms with Crippen molar-refractivity contribution in [3.8, 4) is 0 Å². The molecule has 1 aliphatic heterocycles. The minimum Gasteiger partial charge on any atom is -0.394 e. The van der Waals surface area contributed by atoms with Crippen LogP contribution in [0, 0.1) is 5.92 Å². The van der Waals surface area contributed by atoms with Gasteiger partial charge in [-0.15, -0.1) is 0 Å². The lowest BCUT2D eigenvalue weighted by Gasteiger charge is -2.47. The summed E-state index contributed by atoms with van der Waals surface area (Å²) in [4.78, 5) is 0. The molecule has 0 radical (unpaired) electrons. The lowest BCUT2D eigenvalue weighted by Crippen LogP contribution is -2.66. The first kappa shape index (κ1) is 12.9. The second-order valence-electron chi connectivity index (χ2n) is 4.68. The highest BCUT2D eigenvalue weighted by atomic mass is 16.5. The summed E-state index contributed by atoms with van der Waals surface area (Å²) < 4.78 is 5.38. The zero-order valence-corrected chi connectivity index (χ0v) is 9.29. The first-order valence-corrected chi connectivity index (χ1v) is 5.17. The molecule has 1 heterocycles. The van der Waals surface area contributed by atoms with Crippen LogP contribution < -0.4 is 0 Å². The van der Waals surface area contributed by atoms with E-state index in [0.717, 1.165) is 0 Å². The molecule has 1 aliphatic rings. The van der Waals surface area contributed by atoms with E-state index in [1.807, 2.05) is 13.8 Å². The standard InChI is InChI=1S/C10H20O5/c1-5(2)8-7(12)9(13)10(3,14)6(4-11)15-8/h5-9,11-14H,4H2,1-3H3/t6?,7-,8-,9?,10-/m0/s1. The molecule has 0 spiro atoms. The molecule has 15 heavy (non-hydrogen) atoms. The van der Waals surface area contributed by atoms with Crippen LogP contribution in [0.2, 0.25) is 0 Å². The van der Waals surface area contributed by atoms with Crippen LogP contribution in [0.15, 0.2) is 0 Å². The predicted octanol–water partition coefficient (Wildman–Crippen LogP) is -1.13. The third kappa shape index (κ3) is 2.16. The number of ether oxygens (including phenoxy) is 1. The monoisotopic (exact) mass is 220 g/mol. The highest BCUT2D eigenvalue weighted by Crippen LogP contribution is 2.32. The molecule has 1 fully saturated rings. The second kappa shape index (κ2) is 4.35. The van der Waals surface area contributed by atoms with E-state index < -0.39 is 30.0 Å². The topological polar surface area (TPSA) is 90.2 Å². The molecule has 2 unspecified atom stereocenters. The molecule has 0 aromatic rings. The molecule has 0 aliphatic carbocycles. The summed E-state index contributed by atoms with van der Waals surface area (Å²) in [6.07, 6.45) is -3.89. The van der Waals surface area contributed by atoms with Gasteiger partial charge in [-0.1, -0.05) is 13.8 Å². The minimum absolute atomic E-state index is 0.000185. The van der Waals surface area contributed by atoms with Crippen molar-refractivity contribution in [2.24, 2.45) is 5.92 Å². The van der Waals surface area contributed by atoms with Crippen molar-refractivity contribution in [2.75, 3.05) is 6.61 Å². The predicted molar refractivity (Wildman–Crippen MR) is 53.2 cm³/mol. The molecule has 0 bridgehead atoms. The van der Waals surface area contributed by atoms with E-state index in [4.69, 9.17) is 9.84 Å². The van der Waals surface area contributed by atoms with Gasteiger partial charge in [0.15, 0.2) is 0 Å². The Morgan fingerprint density at radius 3 is 2.27 bits per heavy atom. The fourth-order valence-electron chi connectivity index (χ4n) is 1.90. The Labute approximate surface area is 89.3 Å². The van der Waals surface area contributed by atoms with Gasteiger partial charge in [0, 0.05) is 0 Å². The molecule has 0 amide bonds. The largest absolute Gasteiger partial charge is 0.394 e. The second-order valence-corrected chi connectivity index (χ2v) is 4.68. The molecular weight excluding hydrogens is 200 g/mol. The van der Waals surface area contributed by atoms with Crippen molar-refractivity contribution in [3.05, 3.63) is 0 Å². The average Bonchev–Trinajstić information content (AvgIpc) is 2.14. The van der Waals surface area contributed by atoms with Crippen LogP contribution in [0.25, 0.3) is 0 Å². The molecule has 90 valence electrons. The summed E-state index contributed by atoms with van der Waals surface area (Å²) in [5.74, 6) is -0.000185. The van der Waals surface area contributed by atoms with Gasteiger partial charge in [-0.05, 0) is 12.8 Å². The van der Waals surface area contributed by atoms with E-state index in [0.29, 0.717) is 0 Å². The van der Waals surface area contributed by atoms with Gasteiger partial charge in [0.2, 0.25) is 0 Å². The number of hydrogen-bond donors (Lipinski definition) is 4. The van der Waals surface area contributed by atoms with Gasteiger partial charge in [-0.25, -0.2) is 0 Å². The minimum atomic E-state index is -1.63. The molecule has 4 N–H and O–H groups in total. The first-order valence-electron chi connectivity index (χ1n) is 5.17. The van der Waals surface area contributed by atoms with Crippen LogP contribution in [-0.2, 0) is 4.74 Å². The summed E-state index contributed by atoms with van der Waals surface area (Å²) in [6.45, 7) is 4.64. The zero-order chi connectivity index (χ0) is 11.8. The maximum atomic E-state index is 9.88. The van der Waals surface area contributed by atoms with Crippen molar-refractivity contribution in [2.45, 2.75) is 50.8 Å². The summed E-state index contributed by atoms with van der Waals surface area (Å²) in [5.41, 5.74) is -1.63. The van der Waals surface area contributed by atoms with Crippen LogP contribution in [0.5, 0.6) is 0 Å². The fraction of sp³-hybridized carbons (Fsp3) is 1.00. The normalized spacial score (nSPS) is 47.2. The Morgan fingerprint density at radius 1 is 1.33 bits per heavy atom. The Kier molecular flexibility index (Phi) is 3.73. The molecular formula is C10H20O5. The SMILES string of the molecule is CC(C)[C@@H]1OC(CO)[C@](C)(O)C(O)[C@H]1O. The van der Waals surface area contributed by atoms with Crippen molar-refractivity contribution in [1.82, 2.24) is 0 Å². The van der Waals surface area contributed by atoms with Gasteiger partial charge in [0.1, 0.15) is 23.9 Å². The molecule has 0 aromatic heterocycles. The van der Waals surface area contributed by atoms with Crippen LogP contribution >= 0.6 is 0 Å². The van der Waals surface area contributed by atoms with Crippen LogP contribution in [0.1, 0.15) is 20.8 Å². The van der Waals surface area contributed by atoms with E-state index in [-0.39, 0.29) is 12.5 Å². The van der Waals surface area contributed by atoms with Crippen LogP contribution in [-0.4, -0.2) is 57.0 Å². The number of aliphatic hydroxyl groups excluding tert-OH is 3. The van der Waals surface area contributed by atoms with E-state index >= 15 is 0 Å². The van der Waals surface area contributed by atoms with E-state index in [9.17, 15) is 15.3 Å². The molecule has 5 atom stereocenters. The molecule has 0 aromatic carbocycles. The highest BCUT2D eigenvalue weighted by molar-refractivity contribution is 5.01. The quantitative estimate of drug-likeness (QED) is 0.473. The maximum absolute atomic E-state index is 9.88. The van der Waals surface area contributed by atoms with Gasteiger partial charge in [0.05, 0.1) is 12.7 Å². The smallest absolute Gasteiger partial charge is 0.119 e. The maximum Gasteiger partial charge on any atom is 0.119 e. The van der Waals surface area contributed by atoms with E-state index in [1.165, 1.54) is 6.92 Å². The summed E-state index contributed by atoms with van der Waals surface area (Å²) in [5, 5.41) is 38.4. The third-order valence-corrected chi connectivity index (χ3v) is 3.06. The van der Waals surface area contributed by atoms with Crippen LogP contribution in [0.4, 0.5) is 0 Å². The molecule has 5 heteroatoms. The van der Waals surface area contributed by atoms with Crippen molar-refractivity contribution in [3.63, 3.8) is 0 Å². The Morgan fingerprint density at radius 2 is 1.87 bits per heavy atom. The van der Waals surface area contributed by atoms with Gasteiger partial charge in [-0.3, -0.25) is 0 Å². The van der Waals surface area contributed by atoms with E-state index in [2.05, 4.69) is 0 Å². The molecule has 5 nitrogen and oxygen atoms in total. The molecule has 0 saturated carbocycles. The Bertz CT molecular complexity index is 210.